The Morgan fingerprint density at radius 1 is 1.22 bits per heavy atom. The summed E-state index contributed by atoms with van der Waals surface area (Å²) in [5, 5.41) is 0. The molecule has 0 aromatic rings. The summed E-state index contributed by atoms with van der Waals surface area (Å²) in [6.45, 7) is 4.73. The number of rotatable bonds is 2. The minimum Gasteiger partial charge on any atom is -0.453 e. The van der Waals surface area contributed by atoms with E-state index in [1.807, 2.05) is 0 Å². The van der Waals surface area contributed by atoms with E-state index in [1.54, 1.807) is 0 Å². The van der Waals surface area contributed by atoms with Crippen LogP contribution in [0.3, 0.4) is 0 Å². The van der Waals surface area contributed by atoms with Crippen LogP contribution < -0.4 is 0 Å². The number of carbonyl (C=O) groups is 1. The van der Waals surface area contributed by atoms with Crippen LogP contribution >= 0.6 is 0 Å². The number of hydrogen-bond acceptors (Lipinski definition) is 3. The highest BCUT2D eigenvalue weighted by Crippen LogP contribution is 2.71. The Labute approximate surface area is 127 Å². The zero-order valence-electron chi connectivity index (χ0n) is 12.1. The Morgan fingerprint density at radius 2 is 1.78 bits per heavy atom. The first-order valence-corrected chi connectivity index (χ1v) is 7.06. The number of alkyl halides is 6. The van der Waals surface area contributed by atoms with Gasteiger partial charge in [-0.05, 0) is 32.1 Å². The molecule has 1 saturated heterocycles. The predicted octanol–water partition coefficient (Wildman–Crippen LogP) is 3.54. The molecule has 2 saturated carbocycles. The van der Waals surface area contributed by atoms with Gasteiger partial charge in [-0.15, -0.1) is 0 Å². The molecule has 0 spiro atoms. The summed E-state index contributed by atoms with van der Waals surface area (Å²) in [4.78, 5) is 11.7. The third-order valence-corrected chi connectivity index (χ3v) is 5.17. The van der Waals surface area contributed by atoms with Crippen molar-refractivity contribution >= 4 is 5.97 Å². The highest BCUT2D eigenvalue weighted by molar-refractivity contribution is 5.87. The molecule has 23 heavy (non-hydrogen) atoms. The second-order valence-corrected chi connectivity index (χ2v) is 6.53. The lowest BCUT2D eigenvalue weighted by Crippen LogP contribution is -2.78. The van der Waals surface area contributed by atoms with Crippen molar-refractivity contribution in [2.45, 2.75) is 55.8 Å². The first-order valence-electron chi connectivity index (χ1n) is 7.06. The number of halogens is 6. The normalized spacial score (nSPS) is 38.0. The summed E-state index contributed by atoms with van der Waals surface area (Å²) in [5.41, 5.74) is -5.54. The Balaban J connectivity index is 1.94. The minimum absolute atomic E-state index is 0.0310. The van der Waals surface area contributed by atoms with E-state index in [4.69, 9.17) is 4.74 Å². The van der Waals surface area contributed by atoms with Gasteiger partial charge in [0.1, 0.15) is 11.7 Å². The summed E-state index contributed by atoms with van der Waals surface area (Å²) in [5.74, 6) is -3.43. The number of fused-ring (bicyclic) bond motifs is 5. The number of esters is 1. The maximum Gasteiger partial charge on any atom is 0.426 e. The maximum absolute atomic E-state index is 13.2. The molecule has 0 aromatic heterocycles. The van der Waals surface area contributed by atoms with Crippen molar-refractivity contribution in [2.75, 3.05) is 0 Å². The quantitative estimate of drug-likeness (QED) is 0.437. The SMILES string of the molecule is C=C(C)C(=O)OC12CCC(C1)C1C2OC1(C(F)(F)F)C(F)(F)F. The zero-order chi connectivity index (χ0) is 17.4. The van der Waals surface area contributed by atoms with Crippen molar-refractivity contribution in [2.24, 2.45) is 11.8 Å². The molecule has 0 amide bonds. The molecule has 3 fully saturated rings. The van der Waals surface area contributed by atoms with Gasteiger partial charge >= 0.3 is 18.3 Å². The molecule has 4 atom stereocenters. The van der Waals surface area contributed by atoms with Crippen molar-refractivity contribution < 1.29 is 40.6 Å². The number of hydrogen-bond donors (Lipinski definition) is 0. The number of carbonyl (C=O) groups excluding carboxylic acids is 1. The van der Waals surface area contributed by atoms with E-state index in [-0.39, 0.29) is 24.8 Å². The van der Waals surface area contributed by atoms with Crippen LogP contribution in [0, 0.1) is 11.8 Å². The van der Waals surface area contributed by atoms with E-state index in [0.29, 0.717) is 0 Å². The van der Waals surface area contributed by atoms with E-state index in [2.05, 4.69) is 11.3 Å². The molecule has 130 valence electrons. The second kappa shape index (κ2) is 4.43. The third-order valence-electron chi connectivity index (χ3n) is 5.17. The Hall–Kier alpha value is -1.25. The molecule has 0 N–H and O–H groups in total. The molecular weight excluding hydrogens is 330 g/mol. The van der Waals surface area contributed by atoms with E-state index in [9.17, 15) is 31.1 Å². The van der Waals surface area contributed by atoms with Crippen molar-refractivity contribution in [1.29, 1.82) is 0 Å². The van der Waals surface area contributed by atoms with Gasteiger partial charge in [0, 0.05) is 11.5 Å². The lowest BCUT2D eigenvalue weighted by Gasteiger charge is -2.58. The van der Waals surface area contributed by atoms with Crippen LogP contribution in [0.5, 0.6) is 0 Å². The summed E-state index contributed by atoms with van der Waals surface area (Å²) < 4.78 is 88.6. The Kier molecular flexibility index (Phi) is 3.20. The third kappa shape index (κ3) is 1.91. The van der Waals surface area contributed by atoms with Gasteiger partial charge in [0.05, 0.1) is 0 Å². The van der Waals surface area contributed by atoms with Gasteiger partial charge in [-0.2, -0.15) is 26.3 Å². The van der Waals surface area contributed by atoms with Crippen molar-refractivity contribution in [1.82, 2.24) is 0 Å². The fourth-order valence-electron chi connectivity index (χ4n) is 4.24. The summed E-state index contributed by atoms with van der Waals surface area (Å²) in [6.07, 6.45) is -12.2. The first kappa shape index (κ1) is 16.6. The van der Waals surface area contributed by atoms with Gasteiger partial charge in [-0.3, -0.25) is 0 Å². The molecule has 1 heterocycles. The molecule has 1 aliphatic heterocycles. The summed E-state index contributed by atoms with van der Waals surface area (Å²) in [7, 11) is 0. The van der Waals surface area contributed by atoms with Gasteiger partial charge in [-0.1, -0.05) is 6.58 Å². The van der Waals surface area contributed by atoms with Gasteiger partial charge in [0.15, 0.2) is 0 Å². The lowest BCUT2D eigenvalue weighted by atomic mass is 9.67. The highest BCUT2D eigenvalue weighted by Gasteiger charge is 2.89. The van der Waals surface area contributed by atoms with E-state index in [1.165, 1.54) is 6.92 Å². The Bertz CT molecular complexity index is 552. The minimum atomic E-state index is -5.57. The van der Waals surface area contributed by atoms with Crippen LogP contribution in [0.25, 0.3) is 0 Å². The van der Waals surface area contributed by atoms with Crippen LogP contribution in [-0.4, -0.2) is 35.6 Å². The smallest absolute Gasteiger partial charge is 0.426 e. The van der Waals surface area contributed by atoms with Crippen molar-refractivity contribution in [3.8, 4) is 0 Å². The molecule has 2 aliphatic carbocycles. The maximum atomic E-state index is 13.2. The molecule has 3 nitrogen and oxygen atoms in total. The second-order valence-electron chi connectivity index (χ2n) is 6.53. The molecule has 2 bridgehead atoms. The van der Waals surface area contributed by atoms with E-state index < -0.39 is 47.5 Å². The average Bonchev–Trinajstić information content (AvgIpc) is 2.76. The molecule has 0 radical (unpaired) electrons. The van der Waals surface area contributed by atoms with Crippen LogP contribution in [0.15, 0.2) is 12.2 Å². The highest BCUT2D eigenvalue weighted by atomic mass is 19.4. The van der Waals surface area contributed by atoms with Crippen LogP contribution in [0.1, 0.15) is 26.2 Å². The van der Waals surface area contributed by atoms with E-state index in [0.717, 1.165) is 0 Å². The average molecular weight is 344 g/mol. The fraction of sp³-hybridized carbons (Fsp3) is 0.786. The lowest BCUT2D eigenvalue weighted by molar-refractivity contribution is -0.477. The zero-order valence-corrected chi connectivity index (χ0v) is 12.1. The largest absolute Gasteiger partial charge is 0.453 e. The molecule has 9 heteroatoms. The van der Waals surface area contributed by atoms with Crippen LogP contribution in [0.2, 0.25) is 0 Å². The molecule has 0 aromatic carbocycles. The molecule has 4 unspecified atom stereocenters. The van der Waals surface area contributed by atoms with Crippen molar-refractivity contribution in [3.05, 3.63) is 12.2 Å². The van der Waals surface area contributed by atoms with Gasteiger partial charge in [0.2, 0.25) is 0 Å². The van der Waals surface area contributed by atoms with Gasteiger partial charge in [-0.25, -0.2) is 4.79 Å². The molecular formula is C14H14F6O3. The van der Waals surface area contributed by atoms with Gasteiger partial charge < -0.3 is 9.47 Å². The first-order chi connectivity index (χ1) is 10.4. The van der Waals surface area contributed by atoms with Crippen LogP contribution in [0.4, 0.5) is 26.3 Å². The molecule has 3 rings (SSSR count). The topological polar surface area (TPSA) is 35.5 Å². The van der Waals surface area contributed by atoms with Gasteiger partial charge in [0.25, 0.3) is 5.60 Å². The standard InChI is InChI=1S/C14H14F6O3/c1-6(2)10(21)23-11-4-3-7(5-11)8-9(11)22-12(8,13(15,16)17)14(18,19)20/h7-9H,1,3-5H2,2H3. The monoisotopic (exact) mass is 344 g/mol. The summed E-state index contributed by atoms with van der Waals surface area (Å²) in [6, 6.07) is 0. The van der Waals surface area contributed by atoms with Crippen LogP contribution in [-0.2, 0) is 14.3 Å². The fourth-order valence-corrected chi connectivity index (χ4v) is 4.24. The Morgan fingerprint density at radius 3 is 2.26 bits per heavy atom. The number of ether oxygens (including phenoxy) is 2. The van der Waals surface area contributed by atoms with E-state index >= 15 is 0 Å². The predicted molar refractivity (Wildman–Crippen MR) is 64.2 cm³/mol. The van der Waals surface area contributed by atoms with Crippen molar-refractivity contribution in [3.63, 3.8) is 0 Å². The summed E-state index contributed by atoms with van der Waals surface area (Å²) >= 11 is 0. The molecule has 3 aliphatic rings.